The van der Waals surface area contributed by atoms with E-state index in [9.17, 15) is 9.59 Å². The van der Waals surface area contributed by atoms with Crippen molar-refractivity contribution >= 4 is 11.9 Å². The number of hydrogen-bond donors (Lipinski definition) is 0. The highest BCUT2D eigenvalue weighted by Crippen LogP contribution is 2.34. The van der Waals surface area contributed by atoms with E-state index >= 15 is 0 Å². The molecule has 0 bridgehead atoms. The van der Waals surface area contributed by atoms with Gasteiger partial charge in [-0.05, 0) is 12.5 Å². The van der Waals surface area contributed by atoms with Crippen LogP contribution < -0.4 is 4.74 Å². The minimum Gasteiger partial charge on any atom is -0.492 e. The predicted octanol–water partition coefficient (Wildman–Crippen LogP) is 1.57. The molecule has 1 atom stereocenters. The minimum atomic E-state index is -0.250. The quantitative estimate of drug-likeness (QED) is 0.767. The Labute approximate surface area is 118 Å². The number of methoxy groups -OCH3 is 1. The lowest BCUT2D eigenvalue weighted by Gasteiger charge is -2.20. The lowest BCUT2D eigenvalue weighted by atomic mass is 10.00. The number of para-hydroxylation sites is 1. The van der Waals surface area contributed by atoms with Gasteiger partial charge in [-0.1, -0.05) is 18.2 Å². The van der Waals surface area contributed by atoms with Crippen molar-refractivity contribution < 1.29 is 19.1 Å². The summed E-state index contributed by atoms with van der Waals surface area (Å²) in [6.45, 7) is 0.923. The summed E-state index contributed by atoms with van der Waals surface area (Å²) >= 11 is 0. The van der Waals surface area contributed by atoms with Gasteiger partial charge in [0.1, 0.15) is 18.3 Å². The number of carbonyl (C=O) groups excluding carboxylic acids is 2. The molecular weight excluding hydrogens is 258 g/mol. The second kappa shape index (κ2) is 6.41. The SMILES string of the molecule is COC(=O)CCCN(C)C(=O)C1COc2ccccc21. The molecule has 0 N–H and O–H groups in total. The number of ether oxygens (including phenoxy) is 2. The van der Waals surface area contributed by atoms with Crippen LogP contribution in [0.5, 0.6) is 5.75 Å². The van der Waals surface area contributed by atoms with Gasteiger partial charge in [-0.15, -0.1) is 0 Å². The minimum absolute atomic E-state index is 0.0276. The fourth-order valence-electron chi connectivity index (χ4n) is 2.31. The summed E-state index contributed by atoms with van der Waals surface area (Å²) in [6.07, 6.45) is 0.927. The average molecular weight is 277 g/mol. The largest absolute Gasteiger partial charge is 0.492 e. The summed E-state index contributed by atoms with van der Waals surface area (Å²) in [7, 11) is 3.12. The van der Waals surface area contributed by atoms with Crippen molar-refractivity contribution in [3.05, 3.63) is 29.8 Å². The third-order valence-electron chi connectivity index (χ3n) is 3.48. The molecule has 1 aliphatic heterocycles. The number of rotatable bonds is 5. The molecule has 0 saturated carbocycles. The van der Waals surface area contributed by atoms with Crippen LogP contribution in [0.1, 0.15) is 24.3 Å². The Kier molecular flexibility index (Phi) is 4.61. The number of amides is 1. The second-order valence-corrected chi connectivity index (χ2v) is 4.84. The average Bonchev–Trinajstić information content (AvgIpc) is 2.90. The van der Waals surface area contributed by atoms with Crippen molar-refractivity contribution in [3.8, 4) is 5.75 Å². The van der Waals surface area contributed by atoms with Crippen LogP contribution in [0.25, 0.3) is 0 Å². The van der Waals surface area contributed by atoms with Crippen LogP contribution in [0.4, 0.5) is 0 Å². The van der Waals surface area contributed by atoms with Crippen LogP contribution in [0.2, 0.25) is 0 Å². The zero-order valence-corrected chi connectivity index (χ0v) is 11.8. The third kappa shape index (κ3) is 3.10. The van der Waals surface area contributed by atoms with E-state index in [1.807, 2.05) is 24.3 Å². The van der Waals surface area contributed by atoms with E-state index in [2.05, 4.69) is 4.74 Å². The van der Waals surface area contributed by atoms with Gasteiger partial charge in [-0.3, -0.25) is 9.59 Å². The first-order valence-electron chi connectivity index (χ1n) is 6.67. The van der Waals surface area contributed by atoms with Crippen LogP contribution in [0.3, 0.4) is 0 Å². The van der Waals surface area contributed by atoms with Crippen molar-refractivity contribution in [1.82, 2.24) is 4.90 Å². The predicted molar refractivity (Wildman–Crippen MR) is 73.6 cm³/mol. The molecule has 1 aromatic rings. The molecule has 5 heteroatoms. The van der Waals surface area contributed by atoms with Gasteiger partial charge in [-0.25, -0.2) is 0 Å². The molecule has 0 aliphatic carbocycles. The number of carbonyl (C=O) groups is 2. The lowest BCUT2D eigenvalue weighted by Crippen LogP contribution is -2.33. The zero-order chi connectivity index (χ0) is 14.5. The smallest absolute Gasteiger partial charge is 0.305 e. The van der Waals surface area contributed by atoms with Crippen LogP contribution in [0, 0.1) is 0 Å². The summed E-state index contributed by atoms with van der Waals surface area (Å²) in [4.78, 5) is 25.1. The fourth-order valence-corrected chi connectivity index (χ4v) is 2.31. The van der Waals surface area contributed by atoms with Crippen LogP contribution >= 0.6 is 0 Å². The van der Waals surface area contributed by atoms with Crippen LogP contribution in [-0.2, 0) is 14.3 Å². The highest BCUT2D eigenvalue weighted by Gasteiger charge is 2.31. The first-order chi connectivity index (χ1) is 9.63. The standard InChI is InChI=1S/C15H19NO4/c1-16(9-5-8-14(17)19-2)15(18)12-10-20-13-7-4-3-6-11(12)13/h3-4,6-7,12H,5,8-10H2,1-2H3. The molecule has 2 rings (SSSR count). The number of likely N-dealkylation sites (N-methyl/N-ethyl adjacent to an activating group) is 1. The molecule has 0 aromatic heterocycles. The summed E-state index contributed by atoms with van der Waals surface area (Å²) < 4.78 is 10.1. The van der Waals surface area contributed by atoms with E-state index in [4.69, 9.17) is 4.74 Å². The van der Waals surface area contributed by atoms with E-state index in [-0.39, 0.29) is 17.8 Å². The Bertz CT molecular complexity index is 500. The Balaban J connectivity index is 1.90. The maximum atomic E-state index is 12.4. The molecule has 0 fully saturated rings. The molecule has 108 valence electrons. The van der Waals surface area contributed by atoms with Crippen molar-refractivity contribution in [3.63, 3.8) is 0 Å². The summed E-state index contributed by atoms with van der Waals surface area (Å²) in [5.41, 5.74) is 0.942. The Hall–Kier alpha value is -2.04. The maximum absolute atomic E-state index is 12.4. The van der Waals surface area contributed by atoms with E-state index in [0.29, 0.717) is 26.0 Å². The molecule has 1 heterocycles. The molecule has 1 unspecified atom stereocenters. The van der Waals surface area contributed by atoms with E-state index in [1.165, 1.54) is 7.11 Å². The number of fused-ring (bicyclic) bond motifs is 1. The van der Waals surface area contributed by atoms with Gasteiger partial charge >= 0.3 is 5.97 Å². The highest BCUT2D eigenvalue weighted by atomic mass is 16.5. The molecule has 5 nitrogen and oxygen atoms in total. The molecular formula is C15H19NO4. The molecule has 0 radical (unpaired) electrons. The number of benzene rings is 1. The lowest BCUT2D eigenvalue weighted by molar-refractivity contribution is -0.141. The van der Waals surface area contributed by atoms with Crippen molar-refractivity contribution in [1.29, 1.82) is 0 Å². The molecule has 20 heavy (non-hydrogen) atoms. The zero-order valence-electron chi connectivity index (χ0n) is 11.8. The monoisotopic (exact) mass is 277 g/mol. The molecule has 1 aliphatic rings. The van der Waals surface area contributed by atoms with Crippen molar-refractivity contribution in [2.45, 2.75) is 18.8 Å². The topological polar surface area (TPSA) is 55.8 Å². The van der Waals surface area contributed by atoms with E-state index < -0.39 is 0 Å². The molecule has 1 amide bonds. The Morgan fingerprint density at radius 3 is 2.90 bits per heavy atom. The van der Waals surface area contributed by atoms with Gasteiger partial charge in [0.2, 0.25) is 5.91 Å². The second-order valence-electron chi connectivity index (χ2n) is 4.84. The summed E-state index contributed by atoms with van der Waals surface area (Å²) in [6, 6.07) is 7.60. The maximum Gasteiger partial charge on any atom is 0.305 e. The van der Waals surface area contributed by atoms with Crippen LogP contribution in [0.15, 0.2) is 24.3 Å². The van der Waals surface area contributed by atoms with E-state index in [1.54, 1.807) is 11.9 Å². The first kappa shape index (κ1) is 14.4. The van der Waals surface area contributed by atoms with Gasteiger partial charge in [-0.2, -0.15) is 0 Å². The number of hydrogen-bond acceptors (Lipinski definition) is 4. The molecule has 0 spiro atoms. The number of esters is 1. The van der Waals surface area contributed by atoms with Gasteiger partial charge in [0, 0.05) is 25.6 Å². The summed E-state index contributed by atoms with van der Waals surface area (Å²) in [5, 5.41) is 0. The van der Waals surface area contributed by atoms with Gasteiger partial charge in [0.25, 0.3) is 0 Å². The van der Waals surface area contributed by atoms with Crippen molar-refractivity contribution in [2.75, 3.05) is 27.3 Å². The van der Waals surface area contributed by atoms with Gasteiger partial charge in [0.15, 0.2) is 0 Å². The molecule has 1 aromatic carbocycles. The highest BCUT2D eigenvalue weighted by molar-refractivity contribution is 5.85. The van der Waals surface area contributed by atoms with Gasteiger partial charge in [0.05, 0.1) is 7.11 Å². The van der Waals surface area contributed by atoms with Crippen LogP contribution in [-0.4, -0.2) is 44.1 Å². The first-order valence-corrected chi connectivity index (χ1v) is 6.67. The van der Waals surface area contributed by atoms with E-state index in [0.717, 1.165) is 11.3 Å². The Morgan fingerprint density at radius 1 is 1.40 bits per heavy atom. The normalized spacial score (nSPS) is 16.2. The fraction of sp³-hybridized carbons (Fsp3) is 0.467. The van der Waals surface area contributed by atoms with Crippen molar-refractivity contribution in [2.24, 2.45) is 0 Å². The molecule has 0 saturated heterocycles. The summed E-state index contributed by atoms with van der Waals surface area (Å²) in [5.74, 6) is 0.323. The Morgan fingerprint density at radius 2 is 2.15 bits per heavy atom. The third-order valence-corrected chi connectivity index (χ3v) is 3.48. The number of nitrogens with zero attached hydrogens (tertiary/aromatic N) is 1. The van der Waals surface area contributed by atoms with Gasteiger partial charge < -0.3 is 14.4 Å².